The number of carboxylic acids is 1. The van der Waals surface area contributed by atoms with Crippen LogP contribution in [0.2, 0.25) is 0 Å². The first kappa shape index (κ1) is 9.89. The highest BCUT2D eigenvalue weighted by Gasteiger charge is 2.25. The van der Waals surface area contributed by atoms with Gasteiger partial charge in [-0.25, -0.2) is 4.68 Å². The number of rotatable bonds is 1. The van der Waals surface area contributed by atoms with Crippen LogP contribution in [0.3, 0.4) is 0 Å². The fourth-order valence-electron chi connectivity index (χ4n) is 1.90. The zero-order valence-electron chi connectivity index (χ0n) is 8.43. The Bertz CT molecular complexity index is 464. The Hall–Kier alpha value is -1.65. The van der Waals surface area contributed by atoms with Gasteiger partial charge in [0.1, 0.15) is 0 Å². The molecule has 15 heavy (non-hydrogen) atoms. The van der Waals surface area contributed by atoms with Crippen molar-refractivity contribution in [3.63, 3.8) is 0 Å². The lowest BCUT2D eigenvalue weighted by molar-refractivity contribution is -0.142. The van der Waals surface area contributed by atoms with Crippen LogP contribution in [0.5, 0.6) is 0 Å². The third-order valence-electron chi connectivity index (χ3n) is 2.80. The molecule has 0 bridgehead atoms. The summed E-state index contributed by atoms with van der Waals surface area (Å²) in [5.74, 6) is -1.16. The van der Waals surface area contributed by atoms with Gasteiger partial charge in [0.05, 0.1) is 11.6 Å². The first-order valence-electron chi connectivity index (χ1n) is 4.87. The quantitative estimate of drug-likeness (QED) is 0.703. The number of nitrogens with zero attached hydrogens (tertiary/aromatic N) is 2. The number of hydrogen-bond donors (Lipinski definition) is 1. The van der Waals surface area contributed by atoms with E-state index in [9.17, 15) is 9.59 Å². The molecule has 1 atom stereocenters. The molecule has 1 aliphatic rings. The number of aryl methyl sites for hydroxylation is 2. The third kappa shape index (κ3) is 1.77. The molecular weight excluding hydrogens is 196 g/mol. The van der Waals surface area contributed by atoms with Gasteiger partial charge in [0.25, 0.3) is 5.56 Å². The standard InChI is InChI=1S/C10H12N2O3/c1-12-9(13)5-7-4-6(10(14)15)2-3-8(7)11-12/h5-6H,2-4H2,1H3,(H,14,15)/t6-/m1/s1. The van der Waals surface area contributed by atoms with Crippen LogP contribution in [0.15, 0.2) is 10.9 Å². The summed E-state index contributed by atoms with van der Waals surface area (Å²) >= 11 is 0. The van der Waals surface area contributed by atoms with Gasteiger partial charge in [-0.2, -0.15) is 5.10 Å². The van der Waals surface area contributed by atoms with Gasteiger partial charge < -0.3 is 5.11 Å². The maximum Gasteiger partial charge on any atom is 0.306 e. The number of carbonyl (C=O) groups is 1. The average molecular weight is 208 g/mol. The Morgan fingerprint density at radius 1 is 1.67 bits per heavy atom. The molecule has 0 radical (unpaired) electrons. The van der Waals surface area contributed by atoms with E-state index in [1.165, 1.54) is 10.7 Å². The second-order valence-electron chi connectivity index (χ2n) is 3.86. The Labute approximate surface area is 86.4 Å². The van der Waals surface area contributed by atoms with E-state index in [1.54, 1.807) is 7.05 Å². The molecule has 0 aromatic carbocycles. The van der Waals surface area contributed by atoms with E-state index in [2.05, 4.69) is 5.10 Å². The van der Waals surface area contributed by atoms with Crippen LogP contribution in [0.25, 0.3) is 0 Å². The number of fused-ring (bicyclic) bond motifs is 1. The molecule has 1 aliphatic carbocycles. The lowest BCUT2D eigenvalue weighted by Crippen LogP contribution is -2.28. The van der Waals surface area contributed by atoms with E-state index in [1.807, 2.05) is 0 Å². The SMILES string of the molecule is Cn1nc2c(cc1=O)C[C@H](C(=O)O)CC2. The van der Waals surface area contributed by atoms with Gasteiger partial charge in [-0.3, -0.25) is 9.59 Å². The molecule has 5 nitrogen and oxygen atoms in total. The maximum atomic E-state index is 11.3. The molecule has 0 spiro atoms. The average Bonchev–Trinajstić information content (AvgIpc) is 2.19. The van der Waals surface area contributed by atoms with E-state index >= 15 is 0 Å². The van der Waals surface area contributed by atoms with E-state index in [4.69, 9.17) is 5.11 Å². The van der Waals surface area contributed by atoms with E-state index in [0.29, 0.717) is 19.3 Å². The van der Waals surface area contributed by atoms with Gasteiger partial charge in [0, 0.05) is 13.1 Å². The molecule has 0 saturated heterocycles. The Balaban J connectivity index is 2.38. The van der Waals surface area contributed by atoms with Crippen molar-refractivity contribution in [2.45, 2.75) is 19.3 Å². The summed E-state index contributed by atoms with van der Waals surface area (Å²) in [6.45, 7) is 0. The number of hydrogen-bond acceptors (Lipinski definition) is 3. The normalized spacial score (nSPS) is 19.7. The molecule has 0 fully saturated rings. The highest BCUT2D eigenvalue weighted by atomic mass is 16.4. The summed E-state index contributed by atoms with van der Waals surface area (Å²) in [4.78, 5) is 22.1. The molecule has 1 aromatic rings. The van der Waals surface area contributed by atoms with Crippen LogP contribution in [0, 0.1) is 5.92 Å². The van der Waals surface area contributed by atoms with Crippen LogP contribution >= 0.6 is 0 Å². The molecule has 1 heterocycles. The first-order valence-corrected chi connectivity index (χ1v) is 4.87. The zero-order valence-corrected chi connectivity index (χ0v) is 8.43. The van der Waals surface area contributed by atoms with E-state index in [-0.39, 0.29) is 11.5 Å². The molecule has 0 aliphatic heterocycles. The molecule has 0 unspecified atom stereocenters. The van der Waals surface area contributed by atoms with Crippen molar-refractivity contribution in [2.24, 2.45) is 13.0 Å². The molecule has 1 aromatic heterocycles. The number of aromatic nitrogens is 2. The number of carboxylic acid groups (broad SMARTS) is 1. The van der Waals surface area contributed by atoms with Crippen LogP contribution in [-0.4, -0.2) is 20.9 Å². The summed E-state index contributed by atoms with van der Waals surface area (Å²) in [7, 11) is 1.60. The highest BCUT2D eigenvalue weighted by Crippen LogP contribution is 2.22. The van der Waals surface area contributed by atoms with E-state index in [0.717, 1.165) is 11.3 Å². The lowest BCUT2D eigenvalue weighted by atomic mass is 9.87. The molecule has 1 N–H and O–H groups in total. The van der Waals surface area contributed by atoms with Crippen molar-refractivity contribution in [1.29, 1.82) is 0 Å². The first-order chi connectivity index (χ1) is 7.08. The minimum atomic E-state index is -0.790. The highest BCUT2D eigenvalue weighted by molar-refractivity contribution is 5.70. The summed E-state index contributed by atoms with van der Waals surface area (Å²) in [5.41, 5.74) is 1.46. The predicted octanol–water partition coefficient (Wildman–Crippen LogP) is -0.0302. The van der Waals surface area contributed by atoms with Crippen molar-refractivity contribution < 1.29 is 9.90 Å². The summed E-state index contributed by atoms with van der Waals surface area (Å²) in [6, 6.07) is 1.50. The monoisotopic (exact) mass is 208 g/mol. The van der Waals surface area contributed by atoms with Crippen LogP contribution < -0.4 is 5.56 Å². The van der Waals surface area contributed by atoms with Crippen molar-refractivity contribution in [1.82, 2.24) is 9.78 Å². The molecular formula is C10H12N2O3. The maximum absolute atomic E-state index is 11.3. The van der Waals surface area contributed by atoms with Gasteiger partial charge in [0.15, 0.2) is 0 Å². The minimum Gasteiger partial charge on any atom is -0.481 e. The predicted molar refractivity (Wildman–Crippen MR) is 52.6 cm³/mol. The smallest absolute Gasteiger partial charge is 0.306 e. The molecule has 0 saturated carbocycles. The topological polar surface area (TPSA) is 72.2 Å². The van der Waals surface area contributed by atoms with Crippen molar-refractivity contribution in [2.75, 3.05) is 0 Å². The van der Waals surface area contributed by atoms with Gasteiger partial charge in [-0.15, -0.1) is 0 Å². The van der Waals surface area contributed by atoms with Gasteiger partial charge in [-0.05, 0) is 24.8 Å². The van der Waals surface area contributed by atoms with Gasteiger partial charge >= 0.3 is 5.97 Å². The van der Waals surface area contributed by atoms with Gasteiger partial charge in [0.2, 0.25) is 0 Å². The van der Waals surface area contributed by atoms with Crippen LogP contribution in [-0.2, 0) is 24.7 Å². The third-order valence-corrected chi connectivity index (χ3v) is 2.80. The zero-order chi connectivity index (χ0) is 11.0. The fourth-order valence-corrected chi connectivity index (χ4v) is 1.90. The lowest BCUT2D eigenvalue weighted by Gasteiger charge is -2.20. The largest absolute Gasteiger partial charge is 0.481 e. The molecule has 80 valence electrons. The Morgan fingerprint density at radius 3 is 3.07 bits per heavy atom. The molecule has 2 rings (SSSR count). The summed E-state index contributed by atoms with van der Waals surface area (Å²) < 4.78 is 1.29. The van der Waals surface area contributed by atoms with Crippen LogP contribution in [0.1, 0.15) is 17.7 Å². The summed E-state index contributed by atoms with van der Waals surface area (Å²) in [6.07, 6.45) is 1.67. The van der Waals surface area contributed by atoms with E-state index < -0.39 is 5.97 Å². The Kier molecular flexibility index (Phi) is 2.30. The molecule has 5 heteroatoms. The number of aliphatic carboxylic acids is 1. The van der Waals surface area contributed by atoms with Crippen LogP contribution in [0.4, 0.5) is 0 Å². The van der Waals surface area contributed by atoms with Crippen molar-refractivity contribution in [3.8, 4) is 0 Å². The Morgan fingerprint density at radius 2 is 2.40 bits per heavy atom. The molecule has 0 amide bonds. The fraction of sp³-hybridized carbons (Fsp3) is 0.500. The van der Waals surface area contributed by atoms with Crippen molar-refractivity contribution in [3.05, 3.63) is 27.7 Å². The van der Waals surface area contributed by atoms with Gasteiger partial charge in [-0.1, -0.05) is 0 Å². The minimum absolute atomic E-state index is 0.181. The summed E-state index contributed by atoms with van der Waals surface area (Å²) in [5, 5.41) is 13.0. The second-order valence-corrected chi connectivity index (χ2v) is 3.86. The van der Waals surface area contributed by atoms with Crippen molar-refractivity contribution >= 4 is 5.97 Å². The second kappa shape index (κ2) is 3.49.